The van der Waals surface area contributed by atoms with E-state index in [4.69, 9.17) is 4.98 Å². The molecule has 5 heterocycles. The van der Waals surface area contributed by atoms with Gasteiger partial charge in [0.2, 0.25) is 0 Å². The van der Waals surface area contributed by atoms with Crippen molar-refractivity contribution in [1.29, 1.82) is 0 Å². The molecule has 6 aromatic rings. The number of aromatic amines is 2. The molecule has 1 aliphatic heterocycles. The third-order valence-electron chi connectivity index (χ3n) is 7.05. The van der Waals surface area contributed by atoms with Gasteiger partial charge in [0.25, 0.3) is 0 Å². The van der Waals surface area contributed by atoms with Crippen LogP contribution in [-0.4, -0.2) is 48.1 Å². The SMILES string of the molecule is Fc1cccc(-c2ccnc3nc(-c4n[nH]c5ccc(-c6cncc(CN7CCCC7)c6)cc45)[nH]c23)c1. The summed E-state index contributed by atoms with van der Waals surface area (Å²) in [7, 11) is 0. The molecule has 0 spiro atoms. The van der Waals surface area contributed by atoms with Gasteiger partial charge in [-0.2, -0.15) is 5.10 Å². The lowest BCUT2D eigenvalue weighted by Gasteiger charge is -2.14. The summed E-state index contributed by atoms with van der Waals surface area (Å²) in [5, 5.41) is 8.64. The highest BCUT2D eigenvalue weighted by molar-refractivity contribution is 5.97. The number of nitrogens with one attached hydrogen (secondary N) is 2. The van der Waals surface area contributed by atoms with Gasteiger partial charge in [-0.25, -0.2) is 14.4 Å². The molecule has 2 aromatic carbocycles. The van der Waals surface area contributed by atoms with Gasteiger partial charge < -0.3 is 4.98 Å². The number of aromatic nitrogens is 6. The fourth-order valence-electron chi connectivity index (χ4n) is 5.22. The molecule has 0 atom stereocenters. The lowest BCUT2D eigenvalue weighted by atomic mass is 10.0. The van der Waals surface area contributed by atoms with E-state index in [2.05, 4.69) is 48.2 Å². The maximum atomic E-state index is 13.9. The van der Waals surface area contributed by atoms with E-state index in [0.717, 1.165) is 58.3 Å². The van der Waals surface area contributed by atoms with Crippen LogP contribution in [-0.2, 0) is 6.54 Å². The van der Waals surface area contributed by atoms with Crippen LogP contribution in [0.5, 0.6) is 0 Å². The van der Waals surface area contributed by atoms with Gasteiger partial charge in [-0.15, -0.1) is 0 Å². The minimum atomic E-state index is -0.285. The number of hydrogen-bond donors (Lipinski definition) is 2. The van der Waals surface area contributed by atoms with Crippen LogP contribution in [0.2, 0.25) is 0 Å². The molecule has 37 heavy (non-hydrogen) atoms. The van der Waals surface area contributed by atoms with Crippen LogP contribution in [0, 0.1) is 5.82 Å². The van der Waals surface area contributed by atoms with Gasteiger partial charge in [-0.3, -0.25) is 15.0 Å². The number of benzene rings is 2. The van der Waals surface area contributed by atoms with Gasteiger partial charge in [0.1, 0.15) is 11.5 Å². The number of pyridine rings is 2. The zero-order valence-corrected chi connectivity index (χ0v) is 20.1. The molecule has 0 saturated carbocycles. The summed E-state index contributed by atoms with van der Waals surface area (Å²) in [6, 6.07) is 16.9. The molecule has 0 amide bonds. The highest BCUT2D eigenvalue weighted by Crippen LogP contribution is 2.33. The largest absolute Gasteiger partial charge is 0.335 e. The van der Waals surface area contributed by atoms with Crippen LogP contribution in [0.3, 0.4) is 0 Å². The van der Waals surface area contributed by atoms with E-state index in [1.165, 1.54) is 30.5 Å². The molecule has 7 rings (SSSR count). The summed E-state index contributed by atoms with van der Waals surface area (Å²) in [5.74, 6) is 0.322. The third-order valence-corrected chi connectivity index (χ3v) is 7.05. The first kappa shape index (κ1) is 21.8. The number of likely N-dealkylation sites (tertiary alicyclic amines) is 1. The van der Waals surface area contributed by atoms with Crippen LogP contribution in [0.15, 0.2) is 73.2 Å². The number of hydrogen-bond acceptors (Lipinski definition) is 5. The molecule has 0 bridgehead atoms. The highest BCUT2D eigenvalue weighted by Gasteiger charge is 2.17. The molecule has 1 aliphatic rings. The Hall–Kier alpha value is -4.43. The Morgan fingerprint density at radius 3 is 2.73 bits per heavy atom. The van der Waals surface area contributed by atoms with E-state index < -0.39 is 0 Å². The third kappa shape index (κ3) is 4.05. The fourth-order valence-corrected chi connectivity index (χ4v) is 5.22. The number of fused-ring (bicyclic) bond motifs is 2. The first-order valence-corrected chi connectivity index (χ1v) is 12.5. The van der Waals surface area contributed by atoms with Crippen molar-refractivity contribution in [2.45, 2.75) is 19.4 Å². The maximum Gasteiger partial charge on any atom is 0.178 e. The molecule has 1 saturated heterocycles. The molecule has 0 aliphatic carbocycles. The molecule has 0 unspecified atom stereocenters. The molecule has 8 heteroatoms. The van der Waals surface area contributed by atoms with Gasteiger partial charge in [0, 0.05) is 41.6 Å². The lowest BCUT2D eigenvalue weighted by Crippen LogP contribution is -2.18. The molecular formula is C29H24FN7. The number of nitrogens with zero attached hydrogens (tertiary/aromatic N) is 5. The van der Waals surface area contributed by atoms with Crippen molar-refractivity contribution in [2.24, 2.45) is 0 Å². The molecule has 0 radical (unpaired) electrons. The topological polar surface area (TPSA) is 86.4 Å². The van der Waals surface area contributed by atoms with Crippen molar-refractivity contribution >= 4 is 22.1 Å². The molecule has 1 fully saturated rings. The summed E-state index contributed by atoms with van der Waals surface area (Å²) in [6.07, 6.45) is 8.10. The van der Waals surface area contributed by atoms with E-state index >= 15 is 0 Å². The Morgan fingerprint density at radius 2 is 1.84 bits per heavy atom. The average molecular weight is 490 g/mol. The first-order chi connectivity index (χ1) is 18.2. The van der Waals surface area contributed by atoms with Crippen LogP contribution >= 0.6 is 0 Å². The Kier molecular flexibility index (Phi) is 5.25. The van der Waals surface area contributed by atoms with E-state index in [-0.39, 0.29) is 5.82 Å². The van der Waals surface area contributed by atoms with E-state index in [1.54, 1.807) is 12.3 Å². The summed E-state index contributed by atoms with van der Waals surface area (Å²) >= 11 is 0. The Bertz CT molecular complexity index is 1750. The summed E-state index contributed by atoms with van der Waals surface area (Å²) < 4.78 is 13.9. The van der Waals surface area contributed by atoms with Crippen molar-refractivity contribution in [3.63, 3.8) is 0 Å². The minimum Gasteiger partial charge on any atom is -0.335 e. The van der Waals surface area contributed by atoms with Crippen molar-refractivity contribution in [3.8, 4) is 33.8 Å². The molecular weight excluding hydrogens is 465 g/mol. The van der Waals surface area contributed by atoms with Crippen LogP contribution < -0.4 is 0 Å². The van der Waals surface area contributed by atoms with Gasteiger partial charge in [0.05, 0.1) is 11.0 Å². The minimum absolute atomic E-state index is 0.285. The quantitative estimate of drug-likeness (QED) is 0.312. The Labute approximate surface area is 212 Å². The summed E-state index contributed by atoms with van der Waals surface area (Å²) in [6.45, 7) is 3.24. The Morgan fingerprint density at radius 1 is 0.919 bits per heavy atom. The van der Waals surface area contributed by atoms with Gasteiger partial charge in [-0.05, 0) is 79.0 Å². The lowest BCUT2D eigenvalue weighted by molar-refractivity contribution is 0.331. The summed E-state index contributed by atoms with van der Waals surface area (Å²) in [5.41, 5.74) is 7.89. The van der Waals surface area contributed by atoms with Crippen molar-refractivity contribution in [3.05, 3.63) is 84.6 Å². The standard InChI is InChI=1S/C29H24FN7/c30-22-5-3-4-20(13-22)23-8-9-32-28-26(23)33-29(34-28)27-24-14-19(6-7-25(24)35-36-27)21-12-18(15-31-16-21)17-37-10-1-2-11-37/h3-9,12-16H,1-2,10-11,17H2,(H,35,36)(H,32,33,34). The predicted octanol–water partition coefficient (Wildman–Crippen LogP) is 5.97. The average Bonchev–Trinajstić information content (AvgIpc) is 3.67. The zero-order valence-electron chi connectivity index (χ0n) is 20.1. The second-order valence-corrected chi connectivity index (χ2v) is 9.55. The predicted molar refractivity (Wildman–Crippen MR) is 142 cm³/mol. The molecule has 4 aromatic heterocycles. The molecule has 182 valence electrons. The Balaban J connectivity index is 1.28. The fraction of sp³-hybridized carbons (Fsp3) is 0.172. The van der Waals surface area contributed by atoms with Gasteiger partial charge in [0.15, 0.2) is 11.5 Å². The smallest absolute Gasteiger partial charge is 0.178 e. The van der Waals surface area contributed by atoms with Crippen molar-refractivity contribution < 1.29 is 4.39 Å². The molecule has 7 nitrogen and oxygen atoms in total. The van der Waals surface area contributed by atoms with E-state index in [0.29, 0.717) is 17.2 Å². The van der Waals surface area contributed by atoms with E-state index in [1.807, 2.05) is 30.6 Å². The monoisotopic (exact) mass is 489 g/mol. The van der Waals surface area contributed by atoms with Crippen LogP contribution in [0.1, 0.15) is 18.4 Å². The van der Waals surface area contributed by atoms with Crippen LogP contribution in [0.25, 0.3) is 55.8 Å². The van der Waals surface area contributed by atoms with Crippen LogP contribution in [0.4, 0.5) is 4.39 Å². The maximum absolute atomic E-state index is 13.9. The molecule has 2 N–H and O–H groups in total. The van der Waals surface area contributed by atoms with Gasteiger partial charge >= 0.3 is 0 Å². The second-order valence-electron chi connectivity index (χ2n) is 9.55. The normalized spacial score (nSPS) is 14.2. The van der Waals surface area contributed by atoms with Crippen molar-refractivity contribution in [2.75, 3.05) is 13.1 Å². The number of halogens is 1. The second kappa shape index (κ2) is 8.90. The summed E-state index contributed by atoms with van der Waals surface area (Å²) in [4.78, 5) is 19.5. The first-order valence-electron chi connectivity index (χ1n) is 12.5. The van der Waals surface area contributed by atoms with Crippen molar-refractivity contribution in [1.82, 2.24) is 35.0 Å². The highest BCUT2D eigenvalue weighted by atomic mass is 19.1. The van der Waals surface area contributed by atoms with Gasteiger partial charge in [-0.1, -0.05) is 18.2 Å². The zero-order chi connectivity index (χ0) is 24.8. The number of imidazole rings is 1. The number of H-pyrrole nitrogens is 2. The van der Waals surface area contributed by atoms with E-state index in [9.17, 15) is 4.39 Å². The number of rotatable bonds is 5.